The highest BCUT2D eigenvalue weighted by atomic mass is 32.2. The van der Waals surface area contributed by atoms with Gasteiger partial charge in [-0.15, -0.1) is 0 Å². The van der Waals surface area contributed by atoms with Crippen molar-refractivity contribution in [3.05, 3.63) is 70.8 Å². The molecule has 0 N–H and O–H groups in total. The first-order valence-electron chi connectivity index (χ1n) is 11.3. The van der Waals surface area contributed by atoms with Gasteiger partial charge in [0.15, 0.2) is 0 Å². The van der Waals surface area contributed by atoms with Crippen LogP contribution in [-0.4, -0.2) is 59.3 Å². The summed E-state index contributed by atoms with van der Waals surface area (Å²) in [4.78, 5) is 32.5. The molecule has 0 bridgehead atoms. The minimum Gasteiger partial charge on any atom is -0.340 e. The molecule has 1 saturated heterocycles. The van der Waals surface area contributed by atoms with E-state index in [0.717, 1.165) is 12.8 Å². The highest BCUT2D eigenvalue weighted by Gasteiger charge is 2.31. The van der Waals surface area contributed by atoms with Crippen molar-refractivity contribution in [1.82, 2.24) is 18.8 Å². The van der Waals surface area contributed by atoms with Crippen LogP contribution in [0.25, 0.3) is 10.9 Å². The van der Waals surface area contributed by atoms with E-state index < -0.39 is 10.0 Å². The fraction of sp³-hybridized carbons (Fsp3) is 0.375. The van der Waals surface area contributed by atoms with Crippen LogP contribution in [0.1, 0.15) is 31.1 Å². The number of nitrogens with zero attached hydrogens (tertiary/aromatic N) is 4. The third-order valence-corrected chi connectivity index (χ3v) is 8.24. The van der Waals surface area contributed by atoms with E-state index in [9.17, 15) is 18.0 Å². The van der Waals surface area contributed by atoms with Crippen LogP contribution in [-0.2, 0) is 21.2 Å². The number of hydrogen-bond donors (Lipinski definition) is 0. The summed E-state index contributed by atoms with van der Waals surface area (Å²) in [6.45, 7) is 1.24. The van der Waals surface area contributed by atoms with Crippen molar-refractivity contribution in [2.75, 3.05) is 26.2 Å². The Labute approximate surface area is 192 Å². The molecule has 2 fully saturated rings. The lowest BCUT2D eigenvalue weighted by Gasteiger charge is -2.34. The van der Waals surface area contributed by atoms with Crippen LogP contribution in [0.15, 0.2) is 64.3 Å². The maximum Gasteiger partial charge on any atom is 0.261 e. The summed E-state index contributed by atoms with van der Waals surface area (Å²) < 4.78 is 28.8. The van der Waals surface area contributed by atoms with Crippen molar-refractivity contribution in [1.29, 1.82) is 0 Å². The molecule has 2 aromatic carbocycles. The predicted molar refractivity (Wildman–Crippen MR) is 124 cm³/mol. The number of carbonyl (C=O) groups is 1. The number of hydrogen-bond acceptors (Lipinski definition) is 5. The summed E-state index contributed by atoms with van der Waals surface area (Å²) in [6.07, 6.45) is 2.54. The molecule has 1 aromatic heterocycles. The van der Waals surface area contributed by atoms with Crippen molar-refractivity contribution < 1.29 is 13.2 Å². The van der Waals surface area contributed by atoms with Crippen molar-refractivity contribution in [3.8, 4) is 0 Å². The number of aromatic nitrogens is 2. The van der Waals surface area contributed by atoms with Crippen LogP contribution in [0.2, 0.25) is 0 Å². The van der Waals surface area contributed by atoms with E-state index in [-0.39, 0.29) is 41.9 Å². The van der Waals surface area contributed by atoms with Crippen molar-refractivity contribution in [3.63, 3.8) is 0 Å². The molecule has 9 heteroatoms. The molecule has 0 atom stereocenters. The van der Waals surface area contributed by atoms with Gasteiger partial charge >= 0.3 is 0 Å². The van der Waals surface area contributed by atoms with Gasteiger partial charge in [-0.3, -0.25) is 14.2 Å². The Morgan fingerprint density at radius 1 is 0.939 bits per heavy atom. The minimum absolute atomic E-state index is 0.0368. The summed E-state index contributed by atoms with van der Waals surface area (Å²) in [5.74, 6) is 0.608. The third-order valence-electron chi connectivity index (χ3n) is 6.33. The third kappa shape index (κ3) is 4.30. The fourth-order valence-electron chi connectivity index (χ4n) is 4.37. The number of aryl methyl sites for hydroxylation is 1. The van der Waals surface area contributed by atoms with Gasteiger partial charge in [-0.1, -0.05) is 30.3 Å². The Morgan fingerprint density at radius 3 is 2.30 bits per heavy atom. The van der Waals surface area contributed by atoms with E-state index >= 15 is 0 Å². The Morgan fingerprint density at radius 2 is 1.61 bits per heavy atom. The summed E-state index contributed by atoms with van der Waals surface area (Å²) in [6, 6.07) is 15.8. The number of carbonyl (C=O) groups excluding carboxylic acids is 1. The number of fused-ring (bicyclic) bond motifs is 1. The first kappa shape index (κ1) is 21.8. The Balaban J connectivity index is 1.25. The van der Waals surface area contributed by atoms with E-state index in [4.69, 9.17) is 4.98 Å². The van der Waals surface area contributed by atoms with Gasteiger partial charge in [-0.25, -0.2) is 13.4 Å². The van der Waals surface area contributed by atoms with Gasteiger partial charge in [-0.05, 0) is 37.1 Å². The van der Waals surface area contributed by atoms with Gasteiger partial charge in [0.2, 0.25) is 15.9 Å². The summed E-state index contributed by atoms with van der Waals surface area (Å²) in [7, 11) is -3.55. The highest BCUT2D eigenvalue weighted by molar-refractivity contribution is 7.89. The Kier molecular flexibility index (Phi) is 5.76. The van der Waals surface area contributed by atoms with E-state index in [2.05, 4.69) is 0 Å². The maximum atomic E-state index is 13.0. The van der Waals surface area contributed by atoms with Gasteiger partial charge in [0.25, 0.3) is 5.56 Å². The number of amides is 1. The highest BCUT2D eigenvalue weighted by Crippen LogP contribution is 2.35. The number of benzene rings is 2. The molecule has 172 valence electrons. The molecule has 2 aliphatic rings. The van der Waals surface area contributed by atoms with Crippen LogP contribution < -0.4 is 5.56 Å². The molecular weight excluding hydrogens is 440 g/mol. The van der Waals surface area contributed by atoms with Crippen molar-refractivity contribution in [2.45, 2.75) is 36.6 Å². The van der Waals surface area contributed by atoms with Crippen molar-refractivity contribution in [2.24, 2.45) is 0 Å². The molecule has 33 heavy (non-hydrogen) atoms. The predicted octanol–water partition coefficient (Wildman–Crippen LogP) is 2.20. The zero-order valence-corrected chi connectivity index (χ0v) is 19.1. The smallest absolute Gasteiger partial charge is 0.261 e. The number of rotatable bonds is 6. The molecule has 0 unspecified atom stereocenters. The van der Waals surface area contributed by atoms with Gasteiger partial charge in [0.1, 0.15) is 5.82 Å². The summed E-state index contributed by atoms with van der Waals surface area (Å²) >= 11 is 0. The lowest BCUT2D eigenvalue weighted by atomic mass is 10.2. The molecule has 8 nitrogen and oxygen atoms in total. The normalized spacial score (nSPS) is 17.4. The van der Waals surface area contributed by atoms with E-state index in [1.54, 1.807) is 45.9 Å². The average Bonchev–Trinajstić information content (AvgIpc) is 3.68. The van der Waals surface area contributed by atoms with Gasteiger partial charge in [0.05, 0.1) is 15.8 Å². The van der Waals surface area contributed by atoms with Crippen LogP contribution in [0, 0.1) is 0 Å². The lowest BCUT2D eigenvalue weighted by molar-refractivity contribution is -0.132. The first-order valence-corrected chi connectivity index (χ1v) is 12.7. The van der Waals surface area contributed by atoms with Gasteiger partial charge < -0.3 is 4.90 Å². The van der Waals surface area contributed by atoms with E-state index in [1.807, 2.05) is 18.2 Å². The SMILES string of the molecule is O=C(CCc1nc2ccccc2c(=O)n1C1CC1)N1CCN(S(=O)(=O)c2ccccc2)CC1. The first-order chi connectivity index (χ1) is 15.9. The molecule has 5 rings (SSSR count). The van der Waals surface area contributed by atoms with E-state index in [0.29, 0.717) is 36.2 Å². The van der Waals surface area contributed by atoms with Crippen LogP contribution in [0.5, 0.6) is 0 Å². The zero-order valence-electron chi connectivity index (χ0n) is 18.3. The van der Waals surface area contributed by atoms with Crippen LogP contribution >= 0.6 is 0 Å². The van der Waals surface area contributed by atoms with E-state index in [1.165, 1.54) is 4.31 Å². The zero-order chi connectivity index (χ0) is 23.0. The second-order valence-electron chi connectivity index (χ2n) is 8.55. The monoisotopic (exact) mass is 466 g/mol. The average molecular weight is 467 g/mol. The van der Waals surface area contributed by atoms with Gasteiger partial charge in [-0.2, -0.15) is 4.31 Å². The number of para-hydroxylation sites is 1. The molecule has 3 aromatic rings. The van der Waals surface area contributed by atoms with Gasteiger partial charge in [0, 0.05) is 45.1 Å². The quantitative estimate of drug-likeness (QED) is 0.555. The molecule has 1 amide bonds. The Hall–Kier alpha value is -3.04. The molecule has 1 aliphatic carbocycles. The Bertz CT molecular complexity index is 1340. The van der Waals surface area contributed by atoms with Crippen LogP contribution in [0.3, 0.4) is 0 Å². The molecule has 1 aliphatic heterocycles. The topological polar surface area (TPSA) is 92.6 Å². The second-order valence-corrected chi connectivity index (χ2v) is 10.5. The fourth-order valence-corrected chi connectivity index (χ4v) is 5.82. The maximum absolute atomic E-state index is 13.0. The minimum atomic E-state index is -3.55. The molecular formula is C24H26N4O4S. The van der Waals surface area contributed by atoms with Crippen molar-refractivity contribution >= 4 is 26.8 Å². The standard InChI is InChI=1S/C24H26N4O4S/c29-23(26-14-16-27(17-15-26)33(31,32)19-6-2-1-3-7-19)13-12-22-25-21-9-5-4-8-20(21)24(30)28(22)18-10-11-18/h1-9,18H,10-17H2. The number of sulfonamides is 1. The number of piperazine rings is 1. The lowest BCUT2D eigenvalue weighted by Crippen LogP contribution is -2.50. The van der Waals surface area contributed by atoms with Crippen LogP contribution in [0.4, 0.5) is 0 Å². The molecule has 0 radical (unpaired) electrons. The summed E-state index contributed by atoms with van der Waals surface area (Å²) in [5, 5.41) is 0.607. The second kappa shape index (κ2) is 8.72. The summed E-state index contributed by atoms with van der Waals surface area (Å²) in [5.41, 5.74) is 0.617. The molecule has 0 spiro atoms. The molecule has 1 saturated carbocycles. The molecule has 2 heterocycles. The largest absolute Gasteiger partial charge is 0.340 e.